The lowest BCUT2D eigenvalue weighted by molar-refractivity contribution is 0.132. The van der Waals surface area contributed by atoms with Crippen molar-refractivity contribution in [2.45, 2.75) is 32.4 Å². The number of nitrogens with zero attached hydrogens (tertiary/aromatic N) is 2. The number of rotatable bonds is 6. The fraction of sp³-hybridized carbons (Fsp3) is 0.400. The molecule has 1 fully saturated rings. The summed E-state index contributed by atoms with van der Waals surface area (Å²) in [5.74, 6) is 1.56. The van der Waals surface area contributed by atoms with Gasteiger partial charge in [0.25, 0.3) is 0 Å². The SMILES string of the molecule is CCOC(=O)NC1CCCN(Cc2ccccc2Oc2cccnc2)C1. The molecule has 3 rings (SSSR count). The van der Waals surface area contributed by atoms with Crippen molar-refractivity contribution in [2.24, 2.45) is 0 Å². The highest BCUT2D eigenvalue weighted by molar-refractivity contribution is 5.67. The summed E-state index contributed by atoms with van der Waals surface area (Å²) in [5.41, 5.74) is 1.12. The Hall–Kier alpha value is -2.60. The molecule has 2 heterocycles. The molecule has 2 aromatic rings. The zero-order valence-corrected chi connectivity index (χ0v) is 15.1. The highest BCUT2D eigenvalue weighted by Gasteiger charge is 2.22. The molecule has 1 atom stereocenters. The summed E-state index contributed by atoms with van der Waals surface area (Å²) < 4.78 is 11.0. The van der Waals surface area contributed by atoms with Gasteiger partial charge in [0.15, 0.2) is 0 Å². The van der Waals surface area contributed by atoms with Crippen molar-refractivity contribution in [1.29, 1.82) is 0 Å². The predicted octanol–water partition coefficient (Wildman–Crippen LogP) is 3.58. The third-order valence-electron chi connectivity index (χ3n) is 4.33. The van der Waals surface area contributed by atoms with Crippen LogP contribution >= 0.6 is 0 Å². The van der Waals surface area contributed by atoms with E-state index in [-0.39, 0.29) is 12.1 Å². The monoisotopic (exact) mass is 355 g/mol. The molecule has 1 aromatic heterocycles. The Bertz CT molecular complexity index is 708. The van der Waals surface area contributed by atoms with Crippen LogP contribution in [0.15, 0.2) is 48.8 Å². The fourth-order valence-corrected chi connectivity index (χ4v) is 3.17. The zero-order valence-electron chi connectivity index (χ0n) is 15.1. The molecule has 0 radical (unpaired) electrons. The van der Waals surface area contributed by atoms with E-state index < -0.39 is 0 Å². The largest absolute Gasteiger partial charge is 0.455 e. The number of alkyl carbamates (subject to hydrolysis) is 1. The van der Waals surface area contributed by atoms with Gasteiger partial charge < -0.3 is 14.8 Å². The summed E-state index contributed by atoms with van der Waals surface area (Å²) >= 11 is 0. The molecule has 1 amide bonds. The van der Waals surface area contributed by atoms with Crippen LogP contribution in [-0.4, -0.2) is 41.7 Å². The quantitative estimate of drug-likeness (QED) is 0.858. The molecule has 1 aliphatic rings. The Morgan fingerprint density at radius 3 is 3.00 bits per heavy atom. The topological polar surface area (TPSA) is 63.7 Å². The first-order valence-corrected chi connectivity index (χ1v) is 9.06. The smallest absolute Gasteiger partial charge is 0.407 e. The van der Waals surface area contributed by atoms with E-state index in [1.165, 1.54) is 0 Å². The van der Waals surface area contributed by atoms with E-state index in [4.69, 9.17) is 9.47 Å². The highest BCUT2D eigenvalue weighted by Crippen LogP contribution is 2.26. The number of hydrogen-bond donors (Lipinski definition) is 1. The van der Waals surface area contributed by atoms with Gasteiger partial charge in [-0.15, -0.1) is 0 Å². The van der Waals surface area contributed by atoms with Crippen LogP contribution in [-0.2, 0) is 11.3 Å². The third kappa shape index (κ3) is 5.20. The van der Waals surface area contributed by atoms with Crippen LogP contribution in [0.2, 0.25) is 0 Å². The van der Waals surface area contributed by atoms with Crippen molar-refractivity contribution in [3.05, 3.63) is 54.4 Å². The molecule has 6 nitrogen and oxygen atoms in total. The molecule has 1 aromatic carbocycles. The number of hydrogen-bond acceptors (Lipinski definition) is 5. The van der Waals surface area contributed by atoms with Crippen LogP contribution in [0.25, 0.3) is 0 Å². The molecular formula is C20H25N3O3. The molecule has 1 unspecified atom stereocenters. The van der Waals surface area contributed by atoms with Crippen molar-refractivity contribution in [3.8, 4) is 11.5 Å². The van der Waals surface area contributed by atoms with Crippen molar-refractivity contribution in [1.82, 2.24) is 15.2 Å². The van der Waals surface area contributed by atoms with Crippen molar-refractivity contribution >= 4 is 6.09 Å². The second-order valence-electron chi connectivity index (χ2n) is 6.34. The Balaban J connectivity index is 1.62. The van der Waals surface area contributed by atoms with Crippen LogP contribution < -0.4 is 10.1 Å². The van der Waals surface area contributed by atoms with Gasteiger partial charge in [0, 0.05) is 30.9 Å². The van der Waals surface area contributed by atoms with Gasteiger partial charge >= 0.3 is 6.09 Å². The number of ether oxygens (including phenoxy) is 2. The standard InChI is InChI=1S/C20H25N3O3/c1-2-25-20(24)22-17-8-6-12-23(15-17)14-16-7-3-4-10-19(16)26-18-9-5-11-21-13-18/h3-5,7,9-11,13,17H,2,6,8,12,14-15H2,1H3,(H,22,24). The van der Waals surface area contributed by atoms with Gasteiger partial charge in [-0.05, 0) is 44.5 Å². The number of para-hydroxylation sites is 1. The first-order valence-electron chi connectivity index (χ1n) is 9.06. The Labute approximate surface area is 154 Å². The number of carbonyl (C=O) groups excluding carboxylic acids is 1. The maximum Gasteiger partial charge on any atom is 0.407 e. The Morgan fingerprint density at radius 2 is 2.19 bits per heavy atom. The van der Waals surface area contributed by atoms with Gasteiger partial charge in [-0.25, -0.2) is 4.79 Å². The van der Waals surface area contributed by atoms with E-state index in [1.54, 1.807) is 12.4 Å². The lowest BCUT2D eigenvalue weighted by atomic mass is 10.0. The lowest BCUT2D eigenvalue weighted by Crippen LogP contribution is -2.47. The molecule has 138 valence electrons. The zero-order chi connectivity index (χ0) is 18.2. The normalized spacial score (nSPS) is 17.5. The van der Waals surface area contributed by atoms with Crippen molar-refractivity contribution < 1.29 is 14.3 Å². The number of nitrogens with one attached hydrogen (secondary N) is 1. The number of pyridine rings is 1. The lowest BCUT2D eigenvalue weighted by Gasteiger charge is -2.33. The molecule has 6 heteroatoms. The van der Waals surface area contributed by atoms with E-state index in [9.17, 15) is 4.79 Å². The highest BCUT2D eigenvalue weighted by atomic mass is 16.5. The van der Waals surface area contributed by atoms with Gasteiger partial charge in [-0.3, -0.25) is 9.88 Å². The summed E-state index contributed by atoms with van der Waals surface area (Å²) in [6, 6.07) is 11.9. The minimum absolute atomic E-state index is 0.120. The first-order chi connectivity index (χ1) is 12.7. The molecule has 1 aliphatic heterocycles. The Morgan fingerprint density at radius 1 is 1.31 bits per heavy atom. The van der Waals surface area contributed by atoms with Gasteiger partial charge in [0.1, 0.15) is 11.5 Å². The minimum Gasteiger partial charge on any atom is -0.455 e. The summed E-state index contributed by atoms with van der Waals surface area (Å²) in [6.07, 6.45) is 5.12. The first kappa shape index (κ1) is 18.2. The van der Waals surface area contributed by atoms with Gasteiger partial charge in [0.2, 0.25) is 0 Å². The number of carbonyl (C=O) groups is 1. The fourth-order valence-electron chi connectivity index (χ4n) is 3.17. The second kappa shape index (κ2) is 9.20. The summed E-state index contributed by atoms with van der Waals surface area (Å²) in [5, 5.41) is 2.95. The van der Waals surface area contributed by atoms with E-state index >= 15 is 0 Å². The summed E-state index contributed by atoms with van der Waals surface area (Å²) in [4.78, 5) is 18.1. The molecule has 1 N–H and O–H groups in total. The maximum absolute atomic E-state index is 11.7. The number of amides is 1. The van der Waals surface area contributed by atoms with Crippen molar-refractivity contribution in [3.63, 3.8) is 0 Å². The minimum atomic E-state index is -0.334. The van der Waals surface area contributed by atoms with E-state index in [2.05, 4.69) is 21.3 Å². The molecule has 1 saturated heterocycles. The summed E-state index contributed by atoms with van der Waals surface area (Å²) in [6.45, 7) is 4.78. The van der Waals surface area contributed by atoms with Crippen LogP contribution in [0, 0.1) is 0 Å². The molecule has 0 aliphatic carbocycles. The molecule has 26 heavy (non-hydrogen) atoms. The van der Waals surface area contributed by atoms with E-state index in [0.717, 1.165) is 49.5 Å². The van der Waals surface area contributed by atoms with Gasteiger partial charge in [-0.2, -0.15) is 0 Å². The van der Waals surface area contributed by atoms with Crippen molar-refractivity contribution in [2.75, 3.05) is 19.7 Å². The predicted molar refractivity (Wildman–Crippen MR) is 99.2 cm³/mol. The van der Waals surface area contributed by atoms with Crippen LogP contribution in [0.1, 0.15) is 25.3 Å². The summed E-state index contributed by atoms with van der Waals surface area (Å²) in [7, 11) is 0. The van der Waals surface area contributed by atoms with E-state index in [1.807, 2.05) is 37.3 Å². The van der Waals surface area contributed by atoms with Crippen LogP contribution in [0.3, 0.4) is 0 Å². The molecule has 0 bridgehead atoms. The van der Waals surface area contributed by atoms with Gasteiger partial charge in [0.05, 0.1) is 12.8 Å². The number of benzene rings is 1. The molecule has 0 saturated carbocycles. The van der Waals surface area contributed by atoms with E-state index in [0.29, 0.717) is 6.61 Å². The molecule has 0 spiro atoms. The third-order valence-corrected chi connectivity index (χ3v) is 4.33. The average molecular weight is 355 g/mol. The number of likely N-dealkylation sites (tertiary alicyclic amines) is 1. The molecular weight excluding hydrogens is 330 g/mol. The second-order valence-corrected chi connectivity index (χ2v) is 6.34. The number of aromatic nitrogens is 1. The van der Waals surface area contributed by atoms with Crippen LogP contribution in [0.4, 0.5) is 4.79 Å². The maximum atomic E-state index is 11.7. The van der Waals surface area contributed by atoms with Gasteiger partial charge in [-0.1, -0.05) is 18.2 Å². The average Bonchev–Trinajstić information content (AvgIpc) is 2.65. The van der Waals surface area contributed by atoms with Crippen LogP contribution in [0.5, 0.6) is 11.5 Å². The number of piperidine rings is 1. The Kier molecular flexibility index (Phi) is 6.44.